The third kappa shape index (κ3) is 3.76. The normalized spacial score (nSPS) is 12.0. The Bertz CT molecular complexity index is 593. The zero-order valence-corrected chi connectivity index (χ0v) is 12.8. The highest BCUT2D eigenvalue weighted by Gasteiger charge is 2.16. The molecule has 0 bridgehead atoms. The Hall–Kier alpha value is -2.00. The second-order valence-corrected chi connectivity index (χ2v) is 5.07. The average molecular weight is 286 g/mol. The second-order valence-electron chi connectivity index (χ2n) is 5.07. The van der Waals surface area contributed by atoms with E-state index in [1.165, 1.54) is 0 Å². The minimum absolute atomic E-state index is 0.674. The molecule has 0 spiro atoms. The van der Waals surface area contributed by atoms with Crippen LogP contribution in [0.1, 0.15) is 36.1 Å². The molecule has 1 N–H and O–H groups in total. The number of hydrogen-bond donors (Lipinski definition) is 1. The maximum atomic E-state index is 10.6. The van der Waals surface area contributed by atoms with Gasteiger partial charge in [-0.15, -0.1) is 0 Å². The van der Waals surface area contributed by atoms with Crippen molar-refractivity contribution in [2.45, 2.75) is 26.4 Å². The van der Waals surface area contributed by atoms with Crippen LogP contribution in [0.15, 0.2) is 42.5 Å². The summed E-state index contributed by atoms with van der Waals surface area (Å²) in [5.74, 6) is 1.47. The van der Waals surface area contributed by atoms with Gasteiger partial charge in [0, 0.05) is 5.56 Å². The van der Waals surface area contributed by atoms with Crippen molar-refractivity contribution < 1.29 is 14.6 Å². The van der Waals surface area contributed by atoms with Crippen LogP contribution in [0.4, 0.5) is 0 Å². The van der Waals surface area contributed by atoms with Crippen molar-refractivity contribution in [1.29, 1.82) is 0 Å². The largest absolute Gasteiger partial charge is 0.496 e. The van der Waals surface area contributed by atoms with Crippen LogP contribution in [0.2, 0.25) is 0 Å². The van der Waals surface area contributed by atoms with Gasteiger partial charge in [-0.3, -0.25) is 0 Å². The molecule has 0 heterocycles. The van der Waals surface area contributed by atoms with Gasteiger partial charge in [-0.05, 0) is 43.2 Å². The minimum Gasteiger partial charge on any atom is -0.496 e. The first kappa shape index (κ1) is 15.4. The van der Waals surface area contributed by atoms with Gasteiger partial charge >= 0.3 is 0 Å². The molecule has 0 aromatic heterocycles. The maximum Gasteiger partial charge on any atom is 0.125 e. The van der Waals surface area contributed by atoms with Crippen molar-refractivity contribution in [1.82, 2.24) is 0 Å². The smallest absolute Gasteiger partial charge is 0.125 e. The zero-order chi connectivity index (χ0) is 15.2. The summed E-state index contributed by atoms with van der Waals surface area (Å²) in [4.78, 5) is 0. The molecule has 112 valence electrons. The standard InChI is InChI=1S/C18H22O3/c1-4-10-21-15-7-5-6-14(12-15)18(19)16-11-13(2)8-9-17(16)20-3/h5-9,11-12,18-19H,4,10H2,1-3H3. The van der Waals surface area contributed by atoms with Crippen molar-refractivity contribution >= 4 is 0 Å². The van der Waals surface area contributed by atoms with Gasteiger partial charge in [0.1, 0.15) is 17.6 Å². The highest BCUT2D eigenvalue weighted by Crippen LogP contribution is 2.32. The number of aryl methyl sites for hydroxylation is 1. The van der Waals surface area contributed by atoms with Gasteiger partial charge < -0.3 is 14.6 Å². The van der Waals surface area contributed by atoms with E-state index in [1.54, 1.807) is 7.11 Å². The van der Waals surface area contributed by atoms with E-state index >= 15 is 0 Å². The molecule has 2 rings (SSSR count). The molecule has 3 nitrogen and oxygen atoms in total. The van der Waals surface area contributed by atoms with Gasteiger partial charge in [0.25, 0.3) is 0 Å². The van der Waals surface area contributed by atoms with E-state index < -0.39 is 6.10 Å². The lowest BCUT2D eigenvalue weighted by molar-refractivity contribution is 0.213. The van der Waals surface area contributed by atoms with Crippen LogP contribution in [0.5, 0.6) is 11.5 Å². The summed E-state index contributed by atoms with van der Waals surface area (Å²) in [7, 11) is 1.61. The number of hydrogen-bond acceptors (Lipinski definition) is 3. The monoisotopic (exact) mass is 286 g/mol. The van der Waals surface area contributed by atoms with E-state index in [1.807, 2.05) is 49.4 Å². The highest BCUT2D eigenvalue weighted by molar-refractivity contribution is 5.44. The van der Waals surface area contributed by atoms with E-state index in [9.17, 15) is 5.11 Å². The second kappa shape index (κ2) is 7.14. The van der Waals surface area contributed by atoms with Crippen molar-refractivity contribution in [2.24, 2.45) is 0 Å². The Balaban J connectivity index is 2.31. The maximum absolute atomic E-state index is 10.6. The van der Waals surface area contributed by atoms with Crippen LogP contribution in [0.25, 0.3) is 0 Å². The van der Waals surface area contributed by atoms with Crippen LogP contribution in [0, 0.1) is 6.92 Å². The first-order chi connectivity index (χ1) is 10.2. The van der Waals surface area contributed by atoms with E-state index in [0.717, 1.165) is 28.9 Å². The Morgan fingerprint density at radius 1 is 1.14 bits per heavy atom. The molecule has 1 atom stereocenters. The topological polar surface area (TPSA) is 38.7 Å². The summed E-state index contributed by atoms with van der Waals surface area (Å²) in [5, 5.41) is 10.6. The van der Waals surface area contributed by atoms with Crippen LogP contribution in [-0.4, -0.2) is 18.8 Å². The third-order valence-corrected chi connectivity index (χ3v) is 3.33. The van der Waals surface area contributed by atoms with E-state index in [0.29, 0.717) is 12.4 Å². The Morgan fingerprint density at radius 3 is 2.67 bits per heavy atom. The van der Waals surface area contributed by atoms with Crippen molar-refractivity contribution in [3.8, 4) is 11.5 Å². The van der Waals surface area contributed by atoms with Crippen molar-refractivity contribution in [3.63, 3.8) is 0 Å². The van der Waals surface area contributed by atoms with Gasteiger partial charge in [0.05, 0.1) is 13.7 Å². The quantitative estimate of drug-likeness (QED) is 0.876. The molecule has 0 saturated carbocycles. The summed E-state index contributed by atoms with van der Waals surface area (Å²) < 4.78 is 11.0. The zero-order valence-electron chi connectivity index (χ0n) is 12.8. The molecule has 0 aliphatic rings. The van der Waals surface area contributed by atoms with Gasteiger partial charge in [0.15, 0.2) is 0 Å². The first-order valence-electron chi connectivity index (χ1n) is 7.21. The molecular weight excluding hydrogens is 264 g/mol. The Kier molecular flexibility index (Phi) is 5.23. The third-order valence-electron chi connectivity index (χ3n) is 3.33. The minimum atomic E-state index is -0.731. The lowest BCUT2D eigenvalue weighted by Crippen LogP contribution is -2.04. The van der Waals surface area contributed by atoms with Gasteiger partial charge in [0.2, 0.25) is 0 Å². The molecule has 0 aliphatic carbocycles. The van der Waals surface area contributed by atoms with Crippen molar-refractivity contribution in [3.05, 3.63) is 59.2 Å². The summed E-state index contributed by atoms with van der Waals surface area (Å²) in [6, 6.07) is 13.4. The van der Waals surface area contributed by atoms with Crippen LogP contribution in [-0.2, 0) is 0 Å². The van der Waals surface area contributed by atoms with Crippen molar-refractivity contribution in [2.75, 3.05) is 13.7 Å². The fraction of sp³-hybridized carbons (Fsp3) is 0.333. The van der Waals surface area contributed by atoms with Gasteiger partial charge in [-0.25, -0.2) is 0 Å². The number of rotatable bonds is 6. The fourth-order valence-corrected chi connectivity index (χ4v) is 2.24. The Morgan fingerprint density at radius 2 is 1.95 bits per heavy atom. The number of benzene rings is 2. The fourth-order valence-electron chi connectivity index (χ4n) is 2.24. The Labute approximate surface area is 126 Å². The van der Waals surface area contributed by atoms with E-state index in [-0.39, 0.29) is 0 Å². The van der Waals surface area contributed by atoms with E-state index in [2.05, 4.69) is 6.92 Å². The summed E-state index contributed by atoms with van der Waals surface area (Å²) in [5.41, 5.74) is 2.65. The lowest BCUT2D eigenvalue weighted by Gasteiger charge is -2.17. The van der Waals surface area contributed by atoms with E-state index in [4.69, 9.17) is 9.47 Å². The summed E-state index contributed by atoms with van der Waals surface area (Å²) >= 11 is 0. The lowest BCUT2D eigenvalue weighted by atomic mass is 9.99. The number of ether oxygens (including phenoxy) is 2. The molecule has 0 saturated heterocycles. The average Bonchev–Trinajstić information content (AvgIpc) is 2.52. The van der Waals surface area contributed by atoms with Gasteiger partial charge in [-0.2, -0.15) is 0 Å². The number of methoxy groups -OCH3 is 1. The molecule has 2 aromatic rings. The molecule has 0 amide bonds. The number of aliphatic hydroxyl groups is 1. The molecule has 2 aromatic carbocycles. The molecular formula is C18H22O3. The number of aliphatic hydroxyl groups excluding tert-OH is 1. The highest BCUT2D eigenvalue weighted by atomic mass is 16.5. The molecule has 3 heteroatoms. The predicted molar refractivity (Wildman–Crippen MR) is 84.0 cm³/mol. The first-order valence-corrected chi connectivity index (χ1v) is 7.21. The molecule has 21 heavy (non-hydrogen) atoms. The predicted octanol–water partition coefficient (Wildman–Crippen LogP) is 3.87. The molecule has 1 unspecified atom stereocenters. The van der Waals surface area contributed by atoms with Crippen LogP contribution < -0.4 is 9.47 Å². The van der Waals surface area contributed by atoms with Crippen LogP contribution >= 0.6 is 0 Å². The molecule has 0 fully saturated rings. The van der Waals surface area contributed by atoms with Crippen LogP contribution in [0.3, 0.4) is 0 Å². The SMILES string of the molecule is CCCOc1cccc(C(O)c2cc(C)ccc2OC)c1. The summed E-state index contributed by atoms with van der Waals surface area (Å²) in [6.45, 7) is 4.74. The molecule has 0 radical (unpaired) electrons. The molecule has 0 aliphatic heterocycles. The summed E-state index contributed by atoms with van der Waals surface area (Å²) in [6.07, 6.45) is 0.225. The van der Waals surface area contributed by atoms with Gasteiger partial charge in [-0.1, -0.05) is 30.7 Å².